The zero-order valence-corrected chi connectivity index (χ0v) is 25.3. The van der Waals surface area contributed by atoms with Gasteiger partial charge in [0, 0.05) is 18.7 Å². The van der Waals surface area contributed by atoms with Gasteiger partial charge in [-0.15, -0.1) is 0 Å². The first-order chi connectivity index (χ1) is 18.4. The molecule has 0 aliphatic rings. The van der Waals surface area contributed by atoms with Gasteiger partial charge in [-0.2, -0.15) is 4.39 Å². The van der Waals surface area contributed by atoms with Crippen LogP contribution in [0.5, 0.6) is 0 Å². The number of hydrogen-bond donors (Lipinski definition) is 4. The molecule has 0 spiro atoms. The Bertz CT molecular complexity index is 1520. The van der Waals surface area contributed by atoms with Crippen molar-refractivity contribution in [3.05, 3.63) is 81.5 Å². The third kappa shape index (κ3) is 7.36. The molecule has 39 heavy (non-hydrogen) atoms. The summed E-state index contributed by atoms with van der Waals surface area (Å²) in [5.74, 6) is -3.54. The summed E-state index contributed by atoms with van der Waals surface area (Å²) in [6.45, 7) is 9.64. The molecular weight excluding hydrogens is 589 g/mol. The van der Waals surface area contributed by atoms with Crippen LogP contribution in [-0.4, -0.2) is 20.2 Å². The van der Waals surface area contributed by atoms with Crippen LogP contribution in [0.2, 0.25) is 5.02 Å². The third-order valence-corrected chi connectivity index (χ3v) is 8.60. The number of hydrogen-bond acceptors (Lipinski definition) is 6. The Morgan fingerprint density at radius 3 is 2.36 bits per heavy atom. The lowest BCUT2D eigenvalue weighted by atomic mass is 10.0. The topological polar surface area (TPSA) is 79.3 Å². The lowest BCUT2D eigenvalue weighted by molar-refractivity contribution is 0.101. The first-order valence-corrected chi connectivity index (χ1v) is 16.1. The molecule has 0 aliphatic heterocycles. The quantitative estimate of drug-likeness (QED) is 0.0754. The number of carbonyl (C=O) groups excluding carboxylic acids is 1. The molecule has 0 saturated carbocycles. The number of carbonyl (C=O) groups is 1. The number of aromatic amines is 1. The van der Waals surface area contributed by atoms with Gasteiger partial charge in [-0.25, -0.2) is 13.8 Å². The van der Waals surface area contributed by atoms with Crippen LogP contribution in [0.3, 0.4) is 0 Å². The number of fused-ring (bicyclic) bond motifs is 1. The highest BCUT2D eigenvalue weighted by Crippen LogP contribution is 2.62. The number of ketones is 1. The molecule has 6 nitrogen and oxygen atoms in total. The summed E-state index contributed by atoms with van der Waals surface area (Å²) in [4.78, 5) is 30.2. The normalized spacial score (nSPS) is 11.3. The fraction of sp³-hybridized carbons (Fsp3) is 0.269. The molecule has 0 unspecified atom stereocenters. The van der Waals surface area contributed by atoms with Gasteiger partial charge < -0.3 is 9.71 Å². The van der Waals surface area contributed by atoms with Gasteiger partial charge in [0.15, 0.2) is 11.6 Å². The Morgan fingerprint density at radius 2 is 1.77 bits per heavy atom. The molecule has 0 amide bonds. The maximum absolute atomic E-state index is 15.4. The molecule has 1 aromatic carbocycles. The average molecular weight is 619 g/mol. The number of Topliss-reactive ketones (excluding diaryl/α,β-unsaturated/α-hetero) is 1. The Kier molecular flexibility index (Phi) is 11.9. The van der Waals surface area contributed by atoms with Crippen LogP contribution in [0.15, 0.2) is 52.5 Å². The average Bonchev–Trinajstić information content (AvgIpc) is 3.35. The predicted molar refractivity (Wildman–Crippen MR) is 162 cm³/mol. The molecule has 0 saturated heterocycles. The number of benzene rings is 1. The van der Waals surface area contributed by atoms with Gasteiger partial charge in [0.1, 0.15) is 17.8 Å². The molecule has 4 aromatic rings. The highest BCUT2D eigenvalue weighted by atomic mass is 35.5. The van der Waals surface area contributed by atoms with Crippen molar-refractivity contribution < 1.29 is 18.0 Å². The molecule has 4 rings (SSSR count). The van der Waals surface area contributed by atoms with E-state index in [1.54, 1.807) is 0 Å². The van der Waals surface area contributed by atoms with E-state index in [0.29, 0.717) is 0 Å². The van der Waals surface area contributed by atoms with Crippen molar-refractivity contribution in [2.75, 3.05) is 4.72 Å². The van der Waals surface area contributed by atoms with Gasteiger partial charge >= 0.3 is 0 Å². The number of thiol groups is 2. The number of halogens is 4. The first kappa shape index (κ1) is 32.7. The van der Waals surface area contributed by atoms with E-state index in [4.69, 9.17) is 11.6 Å². The Morgan fingerprint density at radius 1 is 1.13 bits per heavy atom. The summed E-state index contributed by atoms with van der Waals surface area (Å²) in [7, 11) is -2.75. The number of anilines is 1. The van der Waals surface area contributed by atoms with E-state index >= 15 is 8.78 Å². The second kappa shape index (κ2) is 14.2. The van der Waals surface area contributed by atoms with Crippen LogP contribution in [-0.2, 0) is 0 Å². The molecule has 0 radical (unpaired) electrons. The standard InChI is InChI=1S/C20H14ClF3N4O2S3.C4H10.C2H6/c1-9(29)18-14-5-2-11(19(24)28(14)8-26-18)16-12(22)3-4-13(17(16)23)27-33(31,32)15-6-10(21)7-25-20(15)30;1-3-4-2;1-2/h2-8,27,31-32H,1H3,(H,25,30);3-4H2,1-2H3;1-2H3. The summed E-state index contributed by atoms with van der Waals surface area (Å²) in [5, 5.41) is 0.201. The highest BCUT2D eigenvalue weighted by Gasteiger charge is 2.26. The minimum absolute atomic E-state index is 0.0297. The van der Waals surface area contributed by atoms with Gasteiger partial charge in [0.25, 0.3) is 5.56 Å². The number of nitrogens with zero attached hydrogens (tertiary/aromatic N) is 2. The predicted octanol–water partition coefficient (Wildman–Crippen LogP) is 8.68. The summed E-state index contributed by atoms with van der Waals surface area (Å²) in [5.41, 5.74) is -1.68. The van der Waals surface area contributed by atoms with E-state index < -0.39 is 42.5 Å². The van der Waals surface area contributed by atoms with Gasteiger partial charge in [-0.3, -0.25) is 14.0 Å². The summed E-state index contributed by atoms with van der Waals surface area (Å²) in [6.07, 6.45) is 4.97. The van der Waals surface area contributed by atoms with Gasteiger partial charge in [0.05, 0.1) is 26.7 Å². The van der Waals surface area contributed by atoms with Gasteiger partial charge in [-0.05, 0) is 38.6 Å². The summed E-state index contributed by atoms with van der Waals surface area (Å²) in [6, 6.07) is 5.86. The van der Waals surface area contributed by atoms with Crippen LogP contribution in [0.1, 0.15) is 57.9 Å². The number of imidazole rings is 1. The number of unbranched alkanes of at least 4 members (excludes halogenated alkanes) is 1. The Hall–Kier alpha value is -2.54. The molecule has 212 valence electrons. The zero-order valence-electron chi connectivity index (χ0n) is 22.0. The molecular formula is C26H30ClF3N4O2S3. The highest BCUT2D eigenvalue weighted by molar-refractivity contribution is 9.18. The summed E-state index contributed by atoms with van der Waals surface area (Å²) < 4.78 is 48.9. The van der Waals surface area contributed by atoms with Gasteiger partial charge in [-0.1, -0.05) is 75.5 Å². The van der Waals surface area contributed by atoms with Gasteiger partial charge in [0.2, 0.25) is 5.95 Å². The van der Waals surface area contributed by atoms with E-state index in [2.05, 4.69) is 51.9 Å². The lowest BCUT2D eigenvalue weighted by Crippen LogP contribution is -2.15. The lowest BCUT2D eigenvalue weighted by Gasteiger charge is -2.30. The second-order valence-electron chi connectivity index (χ2n) is 7.89. The maximum Gasteiger partial charge on any atom is 0.263 e. The Balaban J connectivity index is 0.000000815. The smallest absolute Gasteiger partial charge is 0.263 e. The molecule has 0 aliphatic carbocycles. The fourth-order valence-corrected chi connectivity index (χ4v) is 6.04. The number of pyridine rings is 2. The molecule has 0 atom stereocenters. The molecule has 0 bridgehead atoms. The SMILES string of the molecule is CC.CC(=O)c1ncn2c(F)c(-c3c(F)ccc(NS(S)(S)c4cc(Cl)c[nH]c4=O)c3F)ccc12.CCCC. The van der Waals surface area contributed by atoms with Crippen LogP contribution >= 0.6 is 43.2 Å². The fourth-order valence-electron chi connectivity index (χ4n) is 3.23. The molecule has 3 aromatic heterocycles. The number of rotatable bonds is 6. The largest absolute Gasteiger partial charge is 0.327 e. The van der Waals surface area contributed by atoms with Crippen molar-refractivity contribution in [2.24, 2.45) is 0 Å². The van der Waals surface area contributed by atoms with Crippen LogP contribution in [0, 0.1) is 17.6 Å². The second-order valence-corrected chi connectivity index (χ2v) is 14.2. The van der Waals surface area contributed by atoms with E-state index in [1.807, 2.05) is 13.8 Å². The monoisotopic (exact) mass is 618 g/mol. The van der Waals surface area contributed by atoms with Crippen molar-refractivity contribution in [3.63, 3.8) is 0 Å². The zero-order chi connectivity index (χ0) is 29.5. The van der Waals surface area contributed by atoms with E-state index in [9.17, 15) is 14.0 Å². The van der Waals surface area contributed by atoms with Crippen molar-refractivity contribution >= 4 is 60.2 Å². The van der Waals surface area contributed by atoms with Crippen molar-refractivity contribution in [1.29, 1.82) is 0 Å². The minimum atomic E-state index is -2.75. The van der Waals surface area contributed by atoms with Crippen LogP contribution in [0.25, 0.3) is 16.6 Å². The van der Waals surface area contributed by atoms with Crippen LogP contribution in [0.4, 0.5) is 18.9 Å². The number of aromatic nitrogens is 3. The third-order valence-electron chi connectivity index (χ3n) is 5.23. The van der Waals surface area contributed by atoms with E-state index in [0.717, 1.165) is 28.9 Å². The number of nitrogens with one attached hydrogen (secondary N) is 2. The van der Waals surface area contributed by atoms with Crippen molar-refractivity contribution in [3.8, 4) is 11.1 Å². The van der Waals surface area contributed by atoms with Crippen molar-refractivity contribution in [2.45, 2.75) is 52.4 Å². The minimum Gasteiger partial charge on any atom is -0.327 e. The molecule has 0 fully saturated rings. The molecule has 2 N–H and O–H groups in total. The first-order valence-electron chi connectivity index (χ1n) is 12.0. The molecule has 3 heterocycles. The van der Waals surface area contributed by atoms with Crippen LogP contribution < -0.4 is 10.3 Å². The Labute approximate surface area is 241 Å². The van der Waals surface area contributed by atoms with Crippen molar-refractivity contribution in [1.82, 2.24) is 14.4 Å². The maximum atomic E-state index is 15.4. The number of H-pyrrole nitrogens is 1. The molecule has 13 heteroatoms. The van der Waals surface area contributed by atoms with E-state index in [-0.39, 0.29) is 32.6 Å². The van der Waals surface area contributed by atoms with E-state index in [1.165, 1.54) is 38.1 Å². The summed E-state index contributed by atoms with van der Waals surface area (Å²) >= 11 is 14.7.